The third-order valence-electron chi connectivity index (χ3n) is 1.72. The molecule has 0 saturated carbocycles. The van der Waals surface area contributed by atoms with Crippen LogP contribution in [0, 0.1) is 6.92 Å². The molecule has 1 aromatic rings. The second-order valence-corrected chi connectivity index (χ2v) is 4.27. The first-order chi connectivity index (χ1) is 6.20. The molecule has 0 fully saturated rings. The van der Waals surface area contributed by atoms with Crippen LogP contribution in [0.15, 0.2) is 24.3 Å². The molecule has 0 amide bonds. The molecule has 0 saturated heterocycles. The normalized spacial score (nSPS) is 8.85. The van der Waals surface area contributed by atoms with E-state index in [0.29, 0.717) is 0 Å². The van der Waals surface area contributed by atoms with E-state index in [2.05, 4.69) is 50.4 Å². The summed E-state index contributed by atoms with van der Waals surface area (Å²) in [6.45, 7) is 8.50. The van der Waals surface area contributed by atoms with Crippen LogP contribution in [-0.4, -0.2) is 29.4 Å². The van der Waals surface area contributed by atoms with E-state index in [1.54, 1.807) is 0 Å². The second-order valence-electron chi connectivity index (χ2n) is 3.11. The molecule has 0 bridgehead atoms. The molecule has 0 heterocycles. The fourth-order valence-corrected chi connectivity index (χ4v) is 1.22. The zero-order chi connectivity index (χ0) is 10.1. The third-order valence-corrected chi connectivity index (χ3v) is 2.38. The van der Waals surface area contributed by atoms with E-state index in [1.165, 1.54) is 26.3 Å². The fourth-order valence-electron chi connectivity index (χ4n) is 0.887. The first-order valence-electron chi connectivity index (χ1n) is 4.94. The molecule has 0 aliphatic rings. The maximum atomic E-state index is 3.11. The maximum Gasteiger partial charge on any atom is 0.258 e. The summed E-state index contributed by atoms with van der Waals surface area (Å²) in [4.78, 5) is 0. The van der Waals surface area contributed by atoms with Crippen molar-refractivity contribution in [2.45, 2.75) is 20.8 Å². The Morgan fingerprint density at radius 2 is 1.54 bits per heavy atom. The summed E-state index contributed by atoms with van der Waals surface area (Å²) in [6.07, 6.45) is 0. The van der Waals surface area contributed by atoms with Gasteiger partial charge in [0.15, 0.2) is 0 Å². The molecular formula is C11H20AlN. The summed E-state index contributed by atoms with van der Waals surface area (Å²) in [6, 6.07) is 8.67. The molecule has 0 atom stereocenters. The van der Waals surface area contributed by atoms with E-state index in [-0.39, 0.29) is 0 Å². The molecule has 1 rings (SSSR count). The van der Waals surface area contributed by atoms with Crippen molar-refractivity contribution in [1.82, 2.24) is 5.32 Å². The number of nitrogens with one attached hydrogen (secondary N) is 1. The van der Waals surface area contributed by atoms with Crippen LogP contribution >= 0.6 is 0 Å². The van der Waals surface area contributed by atoms with Crippen LogP contribution in [0.25, 0.3) is 0 Å². The van der Waals surface area contributed by atoms with E-state index < -0.39 is 0 Å². The summed E-state index contributed by atoms with van der Waals surface area (Å²) >= 11 is 1.17. The van der Waals surface area contributed by atoms with Crippen molar-refractivity contribution in [2.24, 2.45) is 0 Å². The molecule has 1 N–H and O–H groups in total. The van der Waals surface area contributed by atoms with Crippen LogP contribution < -0.4 is 9.74 Å². The lowest BCUT2D eigenvalue weighted by atomic mass is 10.2. The largest absolute Gasteiger partial charge is 0.317 e. The van der Waals surface area contributed by atoms with E-state index in [0.717, 1.165) is 13.1 Å². The van der Waals surface area contributed by atoms with E-state index in [9.17, 15) is 0 Å². The van der Waals surface area contributed by atoms with Crippen LogP contribution in [0.2, 0.25) is 0 Å². The van der Waals surface area contributed by atoms with Crippen molar-refractivity contribution in [3.8, 4) is 0 Å². The highest BCUT2D eigenvalue weighted by Crippen LogP contribution is 1.90. The highest BCUT2D eigenvalue weighted by molar-refractivity contribution is 6.32. The van der Waals surface area contributed by atoms with Gasteiger partial charge in [-0.1, -0.05) is 43.7 Å². The number of hydrogen-bond donors (Lipinski definition) is 1. The molecule has 2 heteroatoms. The molecule has 0 aliphatic heterocycles. The van der Waals surface area contributed by atoms with Gasteiger partial charge in [0.2, 0.25) is 0 Å². The Hall–Kier alpha value is -0.288. The third kappa shape index (κ3) is 8.05. The highest BCUT2D eigenvalue weighted by Gasteiger charge is 1.80. The van der Waals surface area contributed by atoms with Crippen LogP contribution in [0.5, 0.6) is 0 Å². The van der Waals surface area contributed by atoms with Crippen molar-refractivity contribution in [3.63, 3.8) is 0 Å². The quantitative estimate of drug-likeness (QED) is 0.687. The average molecular weight is 193 g/mol. The van der Waals surface area contributed by atoms with Crippen LogP contribution in [-0.2, 0) is 0 Å². The predicted octanol–water partition coefficient (Wildman–Crippen LogP) is 0.869. The standard InChI is InChI=1S/C7H7.C4H11N.Al.2H/c1-7-5-3-2-4-6-7;1-3-5-4-2;;;/h3-6H,1H3;5H,3-4H2,1-2H3;;;. The van der Waals surface area contributed by atoms with Gasteiger partial charge in [-0.25, -0.2) is 0 Å². The second kappa shape index (κ2) is 8.32. The smallest absolute Gasteiger partial charge is 0.258 e. The zero-order valence-corrected chi connectivity index (χ0v) is 11.2. The molecular weight excluding hydrogens is 173 g/mol. The van der Waals surface area contributed by atoms with E-state index >= 15 is 0 Å². The molecule has 0 aliphatic carbocycles. The van der Waals surface area contributed by atoms with Gasteiger partial charge in [-0.05, 0) is 20.0 Å². The van der Waals surface area contributed by atoms with E-state index in [4.69, 9.17) is 0 Å². The van der Waals surface area contributed by atoms with Gasteiger partial charge >= 0.3 is 0 Å². The van der Waals surface area contributed by atoms with Crippen LogP contribution in [0.1, 0.15) is 19.4 Å². The number of rotatable bonds is 2. The minimum Gasteiger partial charge on any atom is -0.317 e. The van der Waals surface area contributed by atoms with Gasteiger partial charge in [0, 0.05) is 0 Å². The first-order valence-corrected chi connectivity index (χ1v) is 5.94. The van der Waals surface area contributed by atoms with E-state index in [1.807, 2.05) is 0 Å². The fraction of sp³-hybridized carbons (Fsp3) is 0.455. The Morgan fingerprint density at radius 1 is 1.08 bits per heavy atom. The maximum absolute atomic E-state index is 3.11. The Bertz CT molecular complexity index is 183. The Balaban J connectivity index is 0.000000252. The number of benzene rings is 1. The number of hydrogen-bond acceptors (Lipinski definition) is 1. The van der Waals surface area contributed by atoms with Gasteiger partial charge in [-0.15, -0.1) is 4.43 Å². The molecule has 72 valence electrons. The lowest BCUT2D eigenvalue weighted by Gasteiger charge is -1.90. The van der Waals surface area contributed by atoms with Crippen LogP contribution in [0.3, 0.4) is 0 Å². The lowest BCUT2D eigenvalue weighted by Crippen LogP contribution is -2.09. The first kappa shape index (κ1) is 12.7. The Kier molecular flexibility index (Phi) is 8.13. The van der Waals surface area contributed by atoms with Crippen molar-refractivity contribution in [3.05, 3.63) is 29.8 Å². The molecule has 1 nitrogen and oxygen atoms in total. The van der Waals surface area contributed by atoms with Gasteiger partial charge in [0.25, 0.3) is 16.3 Å². The van der Waals surface area contributed by atoms with Crippen LogP contribution in [0.4, 0.5) is 0 Å². The molecule has 0 aromatic heterocycles. The van der Waals surface area contributed by atoms with Crippen molar-refractivity contribution >= 4 is 20.7 Å². The van der Waals surface area contributed by atoms with Gasteiger partial charge in [-0.2, -0.15) is 0 Å². The number of aryl methyl sites for hydroxylation is 1. The molecule has 0 spiro atoms. The monoisotopic (exact) mass is 193 g/mol. The molecule has 0 unspecified atom stereocenters. The topological polar surface area (TPSA) is 12.0 Å². The molecule has 13 heavy (non-hydrogen) atoms. The minimum absolute atomic E-state index is 1.09. The summed E-state index contributed by atoms with van der Waals surface area (Å²) < 4.78 is 1.47. The van der Waals surface area contributed by atoms with Gasteiger partial charge in [0.05, 0.1) is 0 Å². The summed E-state index contributed by atoms with van der Waals surface area (Å²) in [7, 11) is 0. The Labute approximate surface area is 90.0 Å². The van der Waals surface area contributed by atoms with Gasteiger partial charge in [-0.3, -0.25) is 0 Å². The van der Waals surface area contributed by atoms with Crippen molar-refractivity contribution in [2.75, 3.05) is 13.1 Å². The lowest BCUT2D eigenvalue weighted by molar-refractivity contribution is 0.762. The SMILES string of the molecule is CCNCC.Cc1cc[c]([AlH2])cc1. The average Bonchev–Trinajstić information content (AvgIpc) is 2.13. The molecule has 0 radical (unpaired) electrons. The van der Waals surface area contributed by atoms with Crippen molar-refractivity contribution < 1.29 is 0 Å². The molecule has 1 aromatic carbocycles. The minimum atomic E-state index is 1.09. The summed E-state index contributed by atoms with van der Waals surface area (Å²) in [5.41, 5.74) is 1.35. The summed E-state index contributed by atoms with van der Waals surface area (Å²) in [5, 5.41) is 3.11. The Morgan fingerprint density at radius 3 is 1.77 bits per heavy atom. The van der Waals surface area contributed by atoms with Crippen molar-refractivity contribution in [1.29, 1.82) is 0 Å². The van der Waals surface area contributed by atoms with Gasteiger partial charge in [0.1, 0.15) is 0 Å². The predicted molar refractivity (Wildman–Crippen MR) is 63.6 cm³/mol. The van der Waals surface area contributed by atoms with Gasteiger partial charge < -0.3 is 5.32 Å². The zero-order valence-electron chi connectivity index (χ0n) is 9.22. The highest BCUT2D eigenvalue weighted by atomic mass is 27.0. The summed E-state index contributed by atoms with van der Waals surface area (Å²) in [5.74, 6) is 0.